The third-order valence-corrected chi connectivity index (χ3v) is 6.45. The Bertz CT molecular complexity index is 703. The molecular weight excluding hydrogens is 298 g/mol. The number of rotatable bonds is 5. The second kappa shape index (κ2) is 4.74. The van der Waals surface area contributed by atoms with E-state index in [1.165, 1.54) is 0 Å². The summed E-state index contributed by atoms with van der Waals surface area (Å²) in [4.78, 5) is 7.27. The fourth-order valence-corrected chi connectivity index (χ4v) is 4.95. The second-order valence-corrected chi connectivity index (χ2v) is 7.75. The molecule has 1 aliphatic carbocycles. The number of H-pyrrole nitrogens is 1. The molecular formula is C11H15N5O2S2. The molecule has 108 valence electrons. The zero-order chi connectivity index (χ0) is 14.3. The zero-order valence-electron chi connectivity index (χ0n) is 10.8. The lowest BCUT2D eigenvalue weighted by Crippen LogP contribution is -2.13. The van der Waals surface area contributed by atoms with Crippen LogP contribution in [0.2, 0.25) is 0 Å². The van der Waals surface area contributed by atoms with Gasteiger partial charge in [-0.25, -0.2) is 13.4 Å². The van der Waals surface area contributed by atoms with E-state index in [0.717, 1.165) is 17.4 Å². The number of anilines is 2. The van der Waals surface area contributed by atoms with Gasteiger partial charge in [-0.15, -0.1) is 0 Å². The van der Waals surface area contributed by atoms with Crippen LogP contribution in [0.5, 0.6) is 0 Å². The quantitative estimate of drug-likeness (QED) is 0.772. The van der Waals surface area contributed by atoms with Crippen molar-refractivity contribution in [3.63, 3.8) is 0 Å². The molecule has 1 unspecified atom stereocenters. The first-order valence-corrected chi connectivity index (χ1v) is 8.57. The van der Waals surface area contributed by atoms with Gasteiger partial charge in [0.05, 0.1) is 11.3 Å². The van der Waals surface area contributed by atoms with Crippen molar-refractivity contribution in [1.29, 1.82) is 0 Å². The Hall–Kier alpha value is -1.61. The van der Waals surface area contributed by atoms with Crippen LogP contribution in [0.3, 0.4) is 0 Å². The van der Waals surface area contributed by atoms with Crippen LogP contribution in [-0.2, 0) is 9.84 Å². The van der Waals surface area contributed by atoms with Crippen molar-refractivity contribution in [3.8, 4) is 0 Å². The average molecular weight is 313 g/mol. The standard InChI is InChI=1S/C11H15N5O2S2/c1-6(10-13-4-5-14-10)15-11-8(9(12)16-19-11)20(17,18)7-2-3-7/h4-7,15H,2-3H2,1H3,(H2,12,16)(H,13,14). The minimum absolute atomic E-state index is 0.0797. The second-order valence-electron chi connectivity index (χ2n) is 4.81. The molecule has 0 amide bonds. The lowest BCUT2D eigenvalue weighted by Gasteiger charge is -2.12. The summed E-state index contributed by atoms with van der Waals surface area (Å²) >= 11 is 1.07. The van der Waals surface area contributed by atoms with Gasteiger partial charge in [0.1, 0.15) is 15.7 Å². The zero-order valence-corrected chi connectivity index (χ0v) is 12.5. The van der Waals surface area contributed by atoms with Gasteiger partial charge in [-0.1, -0.05) is 0 Å². The van der Waals surface area contributed by atoms with E-state index in [2.05, 4.69) is 19.7 Å². The first kappa shape index (κ1) is 13.4. The number of nitrogens with zero attached hydrogens (tertiary/aromatic N) is 2. The van der Waals surface area contributed by atoms with Gasteiger partial charge in [-0.05, 0) is 31.3 Å². The number of hydrogen-bond donors (Lipinski definition) is 3. The molecule has 2 aromatic heterocycles. The smallest absolute Gasteiger partial charge is 0.187 e. The van der Waals surface area contributed by atoms with Gasteiger partial charge in [0.2, 0.25) is 0 Å². The molecule has 0 radical (unpaired) electrons. The monoisotopic (exact) mass is 313 g/mol. The number of nitrogens with one attached hydrogen (secondary N) is 2. The molecule has 0 bridgehead atoms. The molecule has 1 fully saturated rings. The molecule has 1 atom stereocenters. The van der Waals surface area contributed by atoms with Crippen molar-refractivity contribution in [3.05, 3.63) is 18.2 Å². The number of aromatic amines is 1. The van der Waals surface area contributed by atoms with Crippen LogP contribution in [0.1, 0.15) is 31.6 Å². The number of aromatic nitrogens is 3. The molecule has 0 spiro atoms. The van der Waals surface area contributed by atoms with Gasteiger partial charge in [0, 0.05) is 12.4 Å². The summed E-state index contributed by atoms with van der Waals surface area (Å²) in [5, 5.41) is 3.31. The highest BCUT2D eigenvalue weighted by Crippen LogP contribution is 2.41. The first-order chi connectivity index (χ1) is 9.50. The summed E-state index contributed by atoms with van der Waals surface area (Å²) in [6.45, 7) is 1.89. The lowest BCUT2D eigenvalue weighted by atomic mass is 10.3. The highest BCUT2D eigenvalue weighted by atomic mass is 32.2. The van der Waals surface area contributed by atoms with E-state index in [4.69, 9.17) is 5.73 Å². The predicted molar refractivity (Wildman–Crippen MR) is 77.4 cm³/mol. The minimum atomic E-state index is -3.37. The Labute approximate surface area is 120 Å². The van der Waals surface area contributed by atoms with Gasteiger partial charge in [-0.2, -0.15) is 4.37 Å². The van der Waals surface area contributed by atoms with Crippen LogP contribution in [-0.4, -0.2) is 28.0 Å². The van der Waals surface area contributed by atoms with E-state index in [0.29, 0.717) is 17.8 Å². The average Bonchev–Trinajstić information content (AvgIpc) is 2.99. The summed E-state index contributed by atoms with van der Waals surface area (Å²) in [5.74, 6) is 0.808. The number of imidazole rings is 1. The van der Waals surface area contributed by atoms with Gasteiger partial charge >= 0.3 is 0 Å². The number of hydrogen-bond acceptors (Lipinski definition) is 7. The number of sulfone groups is 1. The summed E-state index contributed by atoms with van der Waals surface area (Å²) in [5.41, 5.74) is 5.74. The van der Waals surface area contributed by atoms with Crippen LogP contribution in [0.15, 0.2) is 17.3 Å². The van der Waals surface area contributed by atoms with E-state index < -0.39 is 9.84 Å². The molecule has 2 heterocycles. The molecule has 2 aromatic rings. The maximum Gasteiger partial charge on any atom is 0.187 e. The van der Waals surface area contributed by atoms with Crippen LogP contribution < -0.4 is 11.1 Å². The SMILES string of the molecule is CC(Nc1snc(N)c1S(=O)(=O)C1CC1)c1ncc[nH]1. The largest absolute Gasteiger partial charge is 0.382 e. The molecule has 20 heavy (non-hydrogen) atoms. The number of nitrogen functional groups attached to an aromatic ring is 1. The molecule has 4 N–H and O–H groups in total. The predicted octanol–water partition coefficient (Wildman–Crippen LogP) is 1.56. The number of nitrogens with two attached hydrogens (primary N) is 1. The van der Waals surface area contributed by atoms with E-state index in [9.17, 15) is 8.42 Å². The van der Waals surface area contributed by atoms with E-state index in [1.807, 2.05) is 6.92 Å². The molecule has 0 aliphatic heterocycles. The Morgan fingerprint density at radius 3 is 2.90 bits per heavy atom. The molecule has 1 saturated carbocycles. The Balaban J connectivity index is 1.91. The summed E-state index contributed by atoms with van der Waals surface area (Å²) < 4.78 is 28.8. The van der Waals surface area contributed by atoms with Crippen molar-refractivity contribution in [2.24, 2.45) is 0 Å². The van der Waals surface area contributed by atoms with Crippen molar-refractivity contribution in [1.82, 2.24) is 14.3 Å². The topological polar surface area (TPSA) is 114 Å². The molecule has 3 rings (SSSR count). The van der Waals surface area contributed by atoms with Crippen molar-refractivity contribution in [2.75, 3.05) is 11.1 Å². The maximum absolute atomic E-state index is 12.4. The van der Waals surface area contributed by atoms with E-state index in [-0.39, 0.29) is 22.0 Å². The van der Waals surface area contributed by atoms with Crippen LogP contribution in [0.25, 0.3) is 0 Å². The highest BCUT2D eigenvalue weighted by molar-refractivity contribution is 7.92. The molecule has 9 heteroatoms. The van der Waals surface area contributed by atoms with Crippen LogP contribution in [0.4, 0.5) is 10.8 Å². The fourth-order valence-electron chi connectivity index (χ4n) is 1.99. The van der Waals surface area contributed by atoms with Gasteiger partial charge in [-0.3, -0.25) is 0 Å². The first-order valence-electron chi connectivity index (χ1n) is 6.25. The normalized spacial score (nSPS) is 17.1. The summed E-state index contributed by atoms with van der Waals surface area (Å²) in [7, 11) is -3.37. The highest BCUT2D eigenvalue weighted by Gasteiger charge is 2.41. The van der Waals surface area contributed by atoms with Crippen LogP contribution in [0, 0.1) is 0 Å². The maximum atomic E-state index is 12.4. The Kier molecular flexibility index (Phi) is 3.17. The summed E-state index contributed by atoms with van der Waals surface area (Å²) in [6.07, 6.45) is 4.77. The van der Waals surface area contributed by atoms with Gasteiger partial charge < -0.3 is 16.0 Å². The van der Waals surface area contributed by atoms with Crippen molar-refractivity contribution >= 4 is 32.2 Å². The molecule has 0 aromatic carbocycles. The van der Waals surface area contributed by atoms with Gasteiger partial charge in [0.15, 0.2) is 15.7 Å². The molecule has 0 saturated heterocycles. The molecule has 7 nitrogen and oxygen atoms in total. The third kappa shape index (κ3) is 2.27. The van der Waals surface area contributed by atoms with Crippen molar-refractivity contribution < 1.29 is 8.42 Å². The lowest BCUT2D eigenvalue weighted by molar-refractivity contribution is 0.595. The fraction of sp³-hybridized carbons (Fsp3) is 0.455. The Morgan fingerprint density at radius 1 is 1.55 bits per heavy atom. The third-order valence-electron chi connectivity index (χ3n) is 3.20. The Morgan fingerprint density at radius 2 is 2.30 bits per heavy atom. The van der Waals surface area contributed by atoms with Crippen LogP contribution >= 0.6 is 11.5 Å². The van der Waals surface area contributed by atoms with Crippen molar-refractivity contribution in [2.45, 2.75) is 36.0 Å². The summed E-state index contributed by atoms with van der Waals surface area (Å²) in [6, 6.07) is -0.155. The van der Waals surface area contributed by atoms with E-state index in [1.54, 1.807) is 12.4 Å². The van der Waals surface area contributed by atoms with E-state index >= 15 is 0 Å². The molecule has 1 aliphatic rings. The van der Waals surface area contributed by atoms with Gasteiger partial charge in [0.25, 0.3) is 0 Å². The minimum Gasteiger partial charge on any atom is -0.382 e.